The van der Waals surface area contributed by atoms with E-state index in [1.54, 1.807) is 0 Å². The lowest BCUT2D eigenvalue weighted by molar-refractivity contribution is -0.125. The predicted octanol–water partition coefficient (Wildman–Crippen LogP) is 1.08. The smallest absolute Gasteiger partial charge is 0.222 e. The molecule has 1 aliphatic rings. The molecule has 94 valence electrons. The van der Waals surface area contributed by atoms with Crippen molar-refractivity contribution < 1.29 is 14.6 Å². The average Bonchev–Trinajstić information content (AvgIpc) is 2.28. The summed E-state index contributed by atoms with van der Waals surface area (Å²) < 4.78 is 5.50. The summed E-state index contributed by atoms with van der Waals surface area (Å²) in [6.07, 6.45) is 3.78. The van der Waals surface area contributed by atoms with Crippen LogP contribution in [0.2, 0.25) is 0 Å². The van der Waals surface area contributed by atoms with Crippen molar-refractivity contribution in [2.24, 2.45) is 5.41 Å². The number of aliphatic hydroxyl groups excluding tert-OH is 1. The van der Waals surface area contributed by atoms with Crippen molar-refractivity contribution in [2.45, 2.75) is 45.6 Å². The van der Waals surface area contributed by atoms with Gasteiger partial charge in [-0.05, 0) is 19.3 Å². The van der Waals surface area contributed by atoms with E-state index < -0.39 is 0 Å². The van der Waals surface area contributed by atoms with E-state index >= 15 is 0 Å². The van der Waals surface area contributed by atoms with Crippen LogP contribution in [0.1, 0.15) is 39.5 Å². The monoisotopic (exact) mass is 229 g/mol. The molecule has 1 saturated heterocycles. The van der Waals surface area contributed by atoms with Gasteiger partial charge in [0.15, 0.2) is 0 Å². The Labute approximate surface area is 97.4 Å². The van der Waals surface area contributed by atoms with Crippen LogP contribution in [0.25, 0.3) is 0 Å². The molecule has 1 aliphatic heterocycles. The summed E-state index contributed by atoms with van der Waals surface area (Å²) in [7, 11) is 0. The second-order valence-electron chi connectivity index (χ2n) is 5.29. The minimum Gasteiger partial charge on any atom is -0.396 e. The van der Waals surface area contributed by atoms with Gasteiger partial charge in [0.05, 0.1) is 12.5 Å². The van der Waals surface area contributed by atoms with Crippen LogP contribution in [0.4, 0.5) is 0 Å². The van der Waals surface area contributed by atoms with Crippen molar-refractivity contribution >= 4 is 5.91 Å². The number of carbonyl (C=O) groups is 1. The third-order valence-electron chi connectivity index (χ3n) is 2.88. The highest BCUT2D eigenvalue weighted by atomic mass is 16.5. The zero-order valence-electron chi connectivity index (χ0n) is 10.3. The Morgan fingerprint density at radius 2 is 2.25 bits per heavy atom. The van der Waals surface area contributed by atoms with E-state index in [0.717, 1.165) is 25.9 Å². The minimum atomic E-state index is -0.247. The molecule has 0 aromatic carbocycles. The zero-order valence-corrected chi connectivity index (χ0v) is 10.3. The molecule has 2 N–H and O–H groups in total. The zero-order chi connectivity index (χ0) is 12.0. The van der Waals surface area contributed by atoms with Gasteiger partial charge in [-0.1, -0.05) is 13.8 Å². The van der Waals surface area contributed by atoms with Gasteiger partial charge in [0.25, 0.3) is 0 Å². The maximum atomic E-state index is 11.6. The Hall–Kier alpha value is -0.610. The molecule has 0 aromatic heterocycles. The highest BCUT2D eigenvalue weighted by Crippen LogP contribution is 2.16. The van der Waals surface area contributed by atoms with E-state index in [2.05, 4.69) is 5.32 Å². The fourth-order valence-corrected chi connectivity index (χ4v) is 1.64. The van der Waals surface area contributed by atoms with Crippen LogP contribution in [-0.4, -0.2) is 36.9 Å². The maximum absolute atomic E-state index is 11.6. The third-order valence-corrected chi connectivity index (χ3v) is 2.88. The van der Waals surface area contributed by atoms with Crippen molar-refractivity contribution in [1.29, 1.82) is 0 Å². The molecule has 4 nitrogen and oxygen atoms in total. The maximum Gasteiger partial charge on any atom is 0.222 e. The van der Waals surface area contributed by atoms with Gasteiger partial charge in [0.2, 0.25) is 5.91 Å². The number of amides is 1. The average molecular weight is 229 g/mol. The topological polar surface area (TPSA) is 58.6 Å². The van der Waals surface area contributed by atoms with Crippen molar-refractivity contribution in [2.75, 3.05) is 19.8 Å². The first-order valence-electron chi connectivity index (χ1n) is 6.03. The number of carbonyl (C=O) groups excluding carboxylic acids is 1. The SMILES string of the molecule is CC(C)(CO)CNC(=O)CC1CCCCO1. The lowest BCUT2D eigenvalue weighted by Gasteiger charge is -2.24. The summed E-state index contributed by atoms with van der Waals surface area (Å²) in [5, 5.41) is 11.9. The highest BCUT2D eigenvalue weighted by molar-refractivity contribution is 5.76. The van der Waals surface area contributed by atoms with E-state index in [-0.39, 0.29) is 24.0 Å². The third kappa shape index (κ3) is 4.94. The summed E-state index contributed by atoms with van der Waals surface area (Å²) in [5.74, 6) is 0.0217. The number of rotatable bonds is 5. The summed E-state index contributed by atoms with van der Waals surface area (Å²) in [5.41, 5.74) is -0.247. The van der Waals surface area contributed by atoms with Crippen molar-refractivity contribution in [1.82, 2.24) is 5.32 Å². The molecule has 1 fully saturated rings. The molecule has 0 saturated carbocycles. The Kier molecular flexibility index (Phi) is 5.22. The standard InChI is InChI=1S/C12H23NO3/c1-12(2,9-14)8-13-11(15)7-10-5-3-4-6-16-10/h10,14H,3-9H2,1-2H3,(H,13,15). The van der Waals surface area contributed by atoms with Crippen LogP contribution in [-0.2, 0) is 9.53 Å². The van der Waals surface area contributed by atoms with Crippen molar-refractivity contribution in [3.05, 3.63) is 0 Å². The fourth-order valence-electron chi connectivity index (χ4n) is 1.64. The summed E-state index contributed by atoms with van der Waals surface area (Å²) in [6.45, 7) is 5.21. The van der Waals surface area contributed by atoms with Gasteiger partial charge < -0.3 is 15.2 Å². The molecule has 0 radical (unpaired) electrons. The second-order valence-corrected chi connectivity index (χ2v) is 5.29. The first-order chi connectivity index (χ1) is 7.53. The largest absolute Gasteiger partial charge is 0.396 e. The van der Waals surface area contributed by atoms with Gasteiger partial charge in [0, 0.05) is 25.2 Å². The normalized spacial score (nSPS) is 21.8. The summed E-state index contributed by atoms with van der Waals surface area (Å²) in [6, 6.07) is 0. The Morgan fingerprint density at radius 1 is 1.50 bits per heavy atom. The Morgan fingerprint density at radius 3 is 2.81 bits per heavy atom. The first kappa shape index (κ1) is 13.5. The fraction of sp³-hybridized carbons (Fsp3) is 0.917. The van der Waals surface area contributed by atoms with Gasteiger partial charge in [-0.3, -0.25) is 4.79 Å². The van der Waals surface area contributed by atoms with Gasteiger partial charge in [0.1, 0.15) is 0 Å². The molecule has 16 heavy (non-hydrogen) atoms. The van der Waals surface area contributed by atoms with E-state index in [1.807, 2.05) is 13.8 Å². The lowest BCUT2D eigenvalue weighted by atomic mass is 9.95. The molecule has 1 rings (SSSR count). The molecule has 0 aromatic rings. The van der Waals surface area contributed by atoms with Crippen LogP contribution in [0, 0.1) is 5.41 Å². The number of aliphatic hydroxyl groups is 1. The van der Waals surface area contributed by atoms with E-state index in [4.69, 9.17) is 9.84 Å². The molecule has 4 heteroatoms. The lowest BCUT2D eigenvalue weighted by Crippen LogP contribution is -2.38. The molecule has 1 heterocycles. The number of nitrogens with one attached hydrogen (secondary N) is 1. The number of hydrogen-bond donors (Lipinski definition) is 2. The van der Waals surface area contributed by atoms with Crippen molar-refractivity contribution in [3.8, 4) is 0 Å². The van der Waals surface area contributed by atoms with Crippen molar-refractivity contribution in [3.63, 3.8) is 0 Å². The van der Waals surface area contributed by atoms with E-state index in [1.165, 1.54) is 0 Å². The van der Waals surface area contributed by atoms with Gasteiger partial charge in [-0.25, -0.2) is 0 Å². The van der Waals surface area contributed by atoms with Gasteiger partial charge >= 0.3 is 0 Å². The molecular formula is C12H23NO3. The van der Waals surface area contributed by atoms with Crippen LogP contribution in [0.15, 0.2) is 0 Å². The predicted molar refractivity (Wildman–Crippen MR) is 62.1 cm³/mol. The highest BCUT2D eigenvalue weighted by Gasteiger charge is 2.20. The van der Waals surface area contributed by atoms with Crippen LogP contribution in [0.3, 0.4) is 0 Å². The molecule has 1 amide bonds. The van der Waals surface area contributed by atoms with Gasteiger partial charge in [-0.2, -0.15) is 0 Å². The molecule has 1 unspecified atom stereocenters. The quantitative estimate of drug-likeness (QED) is 0.741. The second kappa shape index (κ2) is 6.21. The Balaban J connectivity index is 2.19. The van der Waals surface area contributed by atoms with E-state index in [9.17, 15) is 4.79 Å². The first-order valence-corrected chi connectivity index (χ1v) is 6.03. The molecule has 0 bridgehead atoms. The van der Waals surface area contributed by atoms with Crippen LogP contribution < -0.4 is 5.32 Å². The van der Waals surface area contributed by atoms with Crippen LogP contribution >= 0.6 is 0 Å². The van der Waals surface area contributed by atoms with E-state index in [0.29, 0.717) is 13.0 Å². The minimum absolute atomic E-state index is 0.0217. The number of ether oxygens (including phenoxy) is 1. The summed E-state index contributed by atoms with van der Waals surface area (Å²) in [4.78, 5) is 11.6. The molecule has 0 spiro atoms. The molecule has 0 aliphatic carbocycles. The summed E-state index contributed by atoms with van der Waals surface area (Å²) >= 11 is 0. The molecule has 1 atom stereocenters. The number of hydrogen-bond acceptors (Lipinski definition) is 3. The van der Waals surface area contributed by atoms with Crippen LogP contribution in [0.5, 0.6) is 0 Å². The molecular weight excluding hydrogens is 206 g/mol. The Bertz CT molecular complexity index is 222. The van der Waals surface area contributed by atoms with Gasteiger partial charge in [-0.15, -0.1) is 0 Å².